The Kier molecular flexibility index (Phi) is 8.07. The van der Waals surface area contributed by atoms with Crippen molar-refractivity contribution in [2.24, 2.45) is 0 Å². The van der Waals surface area contributed by atoms with Gasteiger partial charge in [-0.1, -0.05) is 29.3 Å². The number of rotatable bonds is 9. The Morgan fingerprint density at radius 1 is 1.07 bits per heavy atom. The molecule has 3 aromatic heterocycles. The summed E-state index contributed by atoms with van der Waals surface area (Å²) in [4.78, 5) is 27.5. The minimum absolute atomic E-state index is 0.00710. The number of ether oxygens (including phenoxy) is 2. The van der Waals surface area contributed by atoms with Gasteiger partial charge in [-0.15, -0.1) is 0 Å². The maximum Gasteiger partial charge on any atom is 0.354 e. The molecule has 1 N–H and O–H groups in total. The normalized spacial score (nSPS) is 18.0. The fourth-order valence-electron chi connectivity index (χ4n) is 5.16. The van der Waals surface area contributed by atoms with E-state index in [2.05, 4.69) is 14.9 Å². The molecule has 2 fully saturated rings. The minimum atomic E-state index is -1.07. The van der Waals surface area contributed by atoms with Crippen LogP contribution in [0.2, 0.25) is 10.0 Å². The van der Waals surface area contributed by atoms with Crippen molar-refractivity contribution in [1.82, 2.24) is 24.4 Å². The van der Waals surface area contributed by atoms with Crippen LogP contribution >= 0.6 is 23.2 Å². The first kappa shape index (κ1) is 27.8. The van der Waals surface area contributed by atoms with Gasteiger partial charge in [0.15, 0.2) is 11.3 Å². The van der Waals surface area contributed by atoms with E-state index in [-0.39, 0.29) is 23.7 Å². The largest absolute Gasteiger partial charge is 0.477 e. The van der Waals surface area contributed by atoms with Crippen molar-refractivity contribution in [3.8, 4) is 5.88 Å². The summed E-state index contributed by atoms with van der Waals surface area (Å²) in [6.07, 6.45) is 2.78. The molecular formula is C29H28Cl2FN5O4. The number of aromatic nitrogens is 4. The van der Waals surface area contributed by atoms with Gasteiger partial charge in [0.2, 0.25) is 5.88 Å². The monoisotopic (exact) mass is 599 g/mol. The molecule has 1 aromatic carbocycles. The zero-order valence-corrected chi connectivity index (χ0v) is 23.6. The van der Waals surface area contributed by atoms with E-state index >= 15 is 0 Å². The predicted octanol–water partition coefficient (Wildman–Crippen LogP) is 5.39. The van der Waals surface area contributed by atoms with Crippen molar-refractivity contribution in [2.45, 2.75) is 51.0 Å². The van der Waals surface area contributed by atoms with E-state index in [9.17, 15) is 14.3 Å². The average molecular weight is 600 g/mol. The Balaban J connectivity index is 1.11. The van der Waals surface area contributed by atoms with Crippen LogP contribution in [0.3, 0.4) is 0 Å². The third-order valence-electron chi connectivity index (χ3n) is 7.51. The summed E-state index contributed by atoms with van der Waals surface area (Å²) in [6.45, 7) is 3.46. The Morgan fingerprint density at radius 2 is 1.88 bits per heavy atom. The fraction of sp³-hybridized carbons (Fsp3) is 0.379. The highest BCUT2D eigenvalue weighted by Gasteiger charge is 2.27. The van der Waals surface area contributed by atoms with E-state index in [1.54, 1.807) is 30.3 Å². The Labute approximate surface area is 245 Å². The van der Waals surface area contributed by atoms with E-state index in [0.29, 0.717) is 57.9 Å². The zero-order valence-electron chi connectivity index (χ0n) is 22.1. The molecule has 0 aliphatic carbocycles. The van der Waals surface area contributed by atoms with E-state index in [1.807, 2.05) is 4.57 Å². The maximum atomic E-state index is 14.3. The van der Waals surface area contributed by atoms with Gasteiger partial charge >= 0.3 is 5.97 Å². The lowest BCUT2D eigenvalue weighted by Gasteiger charge is -2.32. The highest BCUT2D eigenvalue weighted by atomic mass is 35.5. The van der Waals surface area contributed by atoms with Crippen molar-refractivity contribution in [3.05, 3.63) is 81.1 Å². The zero-order chi connectivity index (χ0) is 28.5. The van der Waals surface area contributed by atoms with Crippen LogP contribution in [0.25, 0.3) is 11.2 Å². The number of nitrogens with zero attached hydrogens (tertiary/aromatic N) is 5. The number of hydrogen-bond donors (Lipinski definition) is 1. The van der Waals surface area contributed by atoms with E-state index in [1.165, 1.54) is 12.1 Å². The van der Waals surface area contributed by atoms with Crippen molar-refractivity contribution >= 4 is 40.3 Å². The van der Waals surface area contributed by atoms with Crippen molar-refractivity contribution in [3.63, 3.8) is 0 Å². The highest BCUT2D eigenvalue weighted by molar-refractivity contribution is 6.31. The molecule has 12 heteroatoms. The van der Waals surface area contributed by atoms with E-state index < -0.39 is 5.97 Å². The molecule has 9 nitrogen and oxygen atoms in total. The molecule has 1 atom stereocenters. The van der Waals surface area contributed by atoms with Crippen LogP contribution in [0, 0.1) is 5.82 Å². The van der Waals surface area contributed by atoms with Gasteiger partial charge in [-0.3, -0.25) is 4.90 Å². The van der Waals surface area contributed by atoms with Gasteiger partial charge in [-0.25, -0.2) is 24.1 Å². The lowest BCUT2D eigenvalue weighted by atomic mass is 10.1. The number of hydrogen-bond acceptors (Lipinski definition) is 7. The van der Waals surface area contributed by atoms with Crippen molar-refractivity contribution in [2.75, 3.05) is 19.7 Å². The Bertz CT molecular complexity index is 1590. The first-order valence-corrected chi connectivity index (χ1v) is 14.3. The molecule has 0 unspecified atom stereocenters. The number of benzene rings is 1. The smallest absolute Gasteiger partial charge is 0.354 e. The lowest BCUT2D eigenvalue weighted by molar-refractivity contribution is -0.0593. The second-order valence-electron chi connectivity index (χ2n) is 10.4. The molecule has 5 heterocycles. The molecule has 0 saturated carbocycles. The number of piperidine rings is 1. The van der Waals surface area contributed by atoms with Crippen molar-refractivity contribution < 1.29 is 23.8 Å². The highest BCUT2D eigenvalue weighted by Crippen LogP contribution is 2.28. The number of carboxylic acid groups (broad SMARTS) is 1. The third kappa shape index (κ3) is 6.30. The number of imidazole rings is 1. The summed E-state index contributed by atoms with van der Waals surface area (Å²) < 4.78 is 28.1. The summed E-state index contributed by atoms with van der Waals surface area (Å²) in [5.74, 6) is -0.271. The second kappa shape index (κ2) is 11.9. The number of likely N-dealkylation sites (tertiary alicyclic amines) is 1. The second-order valence-corrected chi connectivity index (χ2v) is 11.2. The lowest BCUT2D eigenvalue weighted by Crippen LogP contribution is -2.39. The molecule has 2 saturated heterocycles. The van der Waals surface area contributed by atoms with Crippen LogP contribution in [0.5, 0.6) is 5.88 Å². The molecule has 0 spiro atoms. The molecular weight excluding hydrogens is 572 g/mol. The summed E-state index contributed by atoms with van der Waals surface area (Å²) in [5.41, 5.74) is 2.37. The standard InChI is InChI=1S/C29H28Cl2FN5O4/c30-18-2-1-17(23(32)14-18)13-19-3-4-22(31)28(33-19)41-20-7-10-36(11-8-20)16-26-34-24-5-6-25(29(38)39)35-27(24)37(26)15-21-9-12-40-21/h1-6,14,20-21H,7-13,15-16H2,(H,38,39)/t21-/m0/s1. The number of halogens is 3. The summed E-state index contributed by atoms with van der Waals surface area (Å²) in [7, 11) is 0. The number of pyridine rings is 2. The van der Waals surface area contributed by atoms with Gasteiger partial charge in [0, 0.05) is 36.8 Å². The predicted molar refractivity (Wildman–Crippen MR) is 151 cm³/mol. The van der Waals surface area contributed by atoms with Crippen LogP contribution in [-0.2, 0) is 24.2 Å². The quantitative estimate of drug-likeness (QED) is 0.273. The van der Waals surface area contributed by atoms with Gasteiger partial charge in [0.25, 0.3) is 0 Å². The third-order valence-corrected chi connectivity index (χ3v) is 8.03. The summed E-state index contributed by atoms with van der Waals surface area (Å²) in [6, 6.07) is 11.3. The number of fused-ring (bicyclic) bond motifs is 1. The molecule has 2 aliphatic heterocycles. The van der Waals surface area contributed by atoms with Crippen LogP contribution in [0.4, 0.5) is 4.39 Å². The maximum absolute atomic E-state index is 14.3. The molecule has 2 aliphatic rings. The van der Waals surface area contributed by atoms with E-state index in [4.69, 9.17) is 37.7 Å². The fourth-order valence-corrected chi connectivity index (χ4v) is 5.47. The SMILES string of the molecule is O=C(O)c1ccc2nc(CN3CCC(Oc4nc(Cc5ccc(Cl)cc5F)ccc4Cl)CC3)n(C[C@@H]3CCO3)c2n1. The summed E-state index contributed by atoms with van der Waals surface area (Å²) >= 11 is 12.3. The molecule has 41 heavy (non-hydrogen) atoms. The first-order chi connectivity index (χ1) is 19.8. The molecule has 0 radical (unpaired) electrons. The Hall–Kier alpha value is -3.31. The topological polar surface area (TPSA) is 103 Å². The van der Waals surface area contributed by atoms with Crippen LogP contribution in [0.1, 0.15) is 46.8 Å². The number of carboxylic acids is 1. The minimum Gasteiger partial charge on any atom is -0.477 e. The number of carbonyl (C=O) groups is 1. The van der Waals surface area contributed by atoms with Gasteiger partial charge in [-0.05, 0) is 61.2 Å². The molecule has 6 rings (SSSR count). The number of aromatic carboxylic acids is 1. The van der Waals surface area contributed by atoms with Crippen LogP contribution in [-0.4, -0.2) is 67.4 Å². The van der Waals surface area contributed by atoms with Crippen LogP contribution in [0.15, 0.2) is 42.5 Å². The van der Waals surface area contributed by atoms with E-state index in [0.717, 1.165) is 44.8 Å². The molecule has 0 bridgehead atoms. The average Bonchev–Trinajstić information content (AvgIpc) is 3.26. The van der Waals surface area contributed by atoms with Gasteiger partial charge < -0.3 is 19.1 Å². The van der Waals surface area contributed by atoms with Crippen LogP contribution < -0.4 is 4.74 Å². The van der Waals surface area contributed by atoms with Gasteiger partial charge in [-0.2, -0.15) is 0 Å². The Morgan fingerprint density at radius 3 is 2.59 bits per heavy atom. The molecule has 0 amide bonds. The molecule has 4 aromatic rings. The molecule has 214 valence electrons. The van der Waals surface area contributed by atoms with Crippen molar-refractivity contribution in [1.29, 1.82) is 0 Å². The van der Waals surface area contributed by atoms with Gasteiger partial charge in [0.05, 0.1) is 19.2 Å². The first-order valence-electron chi connectivity index (χ1n) is 13.5. The van der Waals surface area contributed by atoms with Gasteiger partial charge in [0.1, 0.15) is 28.3 Å². The summed E-state index contributed by atoms with van der Waals surface area (Å²) in [5, 5.41) is 10.2.